The van der Waals surface area contributed by atoms with Gasteiger partial charge < -0.3 is 19.9 Å². The van der Waals surface area contributed by atoms with Crippen molar-refractivity contribution in [1.82, 2.24) is 14.8 Å². The fraction of sp³-hybridized carbons (Fsp3) is 0.381. The quantitative estimate of drug-likeness (QED) is 0.878. The van der Waals surface area contributed by atoms with Crippen molar-refractivity contribution in [2.24, 2.45) is 0 Å². The molecular weight excluding hydrogens is 356 g/mol. The van der Waals surface area contributed by atoms with Crippen molar-refractivity contribution < 1.29 is 14.3 Å². The SMILES string of the molecule is CCOC(=O)N1CCN(C(=O)c2ccnc(Nc3cc(C)ccc3C)c2)CC1. The van der Waals surface area contributed by atoms with Crippen LogP contribution in [-0.2, 0) is 4.74 Å². The summed E-state index contributed by atoms with van der Waals surface area (Å²) in [5.41, 5.74) is 3.81. The third-order valence-electron chi connectivity index (χ3n) is 4.76. The highest BCUT2D eigenvalue weighted by Gasteiger charge is 2.25. The zero-order valence-corrected chi connectivity index (χ0v) is 16.6. The van der Waals surface area contributed by atoms with E-state index in [1.54, 1.807) is 35.1 Å². The van der Waals surface area contributed by atoms with E-state index in [1.807, 2.05) is 13.8 Å². The normalized spacial score (nSPS) is 14.0. The van der Waals surface area contributed by atoms with Gasteiger partial charge in [0, 0.05) is 43.6 Å². The summed E-state index contributed by atoms with van der Waals surface area (Å²) in [4.78, 5) is 32.4. The Hall–Kier alpha value is -3.09. The molecule has 2 amide bonds. The van der Waals surface area contributed by atoms with Crippen LogP contribution in [0.15, 0.2) is 36.5 Å². The smallest absolute Gasteiger partial charge is 0.409 e. The number of amides is 2. The molecule has 0 saturated carbocycles. The lowest BCUT2D eigenvalue weighted by molar-refractivity contribution is 0.0570. The Bertz CT molecular complexity index is 860. The molecule has 1 aromatic carbocycles. The second-order valence-electron chi connectivity index (χ2n) is 6.85. The molecule has 0 aliphatic carbocycles. The number of anilines is 2. The van der Waals surface area contributed by atoms with Crippen molar-refractivity contribution in [2.45, 2.75) is 20.8 Å². The number of aryl methyl sites for hydroxylation is 2. The lowest BCUT2D eigenvalue weighted by atomic mass is 10.1. The van der Waals surface area contributed by atoms with Gasteiger partial charge in [-0.3, -0.25) is 4.79 Å². The van der Waals surface area contributed by atoms with Gasteiger partial charge in [0.05, 0.1) is 6.61 Å². The summed E-state index contributed by atoms with van der Waals surface area (Å²) in [7, 11) is 0. The van der Waals surface area contributed by atoms with Gasteiger partial charge >= 0.3 is 6.09 Å². The number of nitrogens with one attached hydrogen (secondary N) is 1. The van der Waals surface area contributed by atoms with Gasteiger partial charge in [-0.1, -0.05) is 12.1 Å². The summed E-state index contributed by atoms with van der Waals surface area (Å²) >= 11 is 0. The Kier molecular flexibility index (Phi) is 6.13. The molecule has 1 aromatic heterocycles. The molecule has 7 heteroatoms. The molecule has 1 N–H and O–H groups in total. The molecule has 3 rings (SSSR count). The average molecular weight is 382 g/mol. The maximum atomic E-state index is 12.9. The second kappa shape index (κ2) is 8.73. The fourth-order valence-corrected chi connectivity index (χ4v) is 3.13. The predicted molar refractivity (Wildman–Crippen MR) is 108 cm³/mol. The van der Waals surface area contributed by atoms with Crippen molar-refractivity contribution in [3.05, 3.63) is 53.2 Å². The zero-order chi connectivity index (χ0) is 20.1. The number of carbonyl (C=O) groups excluding carboxylic acids is 2. The van der Waals surface area contributed by atoms with E-state index >= 15 is 0 Å². The Morgan fingerprint density at radius 1 is 1.07 bits per heavy atom. The molecule has 28 heavy (non-hydrogen) atoms. The minimum Gasteiger partial charge on any atom is -0.450 e. The Balaban J connectivity index is 1.66. The van der Waals surface area contributed by atoms with Crippen LogP contribution in [0.25, 0.3) is 0 Å². The minimum absolute atomic E-state index is 0.0603. The summed E-state index contributed by atoms with van der Waals surface area (Å²) in [5, 5.41) is 3.30. The van der Waals surface area contributed by atoms with Crippen LogP contribution in [0.2, 0.25) is 0 Å². The third-order valence-corrected chi connectivity index (χ3v) is 4.76. The van der Waals surface area contributed by atoms with Crippen LogP contribution in [-0.4, -0.2) is 59.6 Å². The van der Waals surface area contributed by atoms with Crippen LogP contribution in [0, 0.1) is 13.8 Å². The monoisotopic (exact) mass is 382 g/mol. The zero-order valence-electron chi connectivity index (χ0n) is 16.6. The number of piperazine rings is 1. The van der Waals surface area contributed by atoms with Crippen LogP contribution in [0.4, 0.5) is 16.3 Å². The summed E-state index contributed by atoms with van der Waals surface area (Å²) < 4.78 is 5.02. The average Bonchev–Trinajstić information content (AvgIpc) is 2.71. The molecule has 2 aromatic rings. The molecule has 0 bridgehead atoms. The first-order valence-corrected chi connectivity index (χ1v) is 9.49. The highest BCUT2D eigenvalue weighted by molar-refractivity contribution is 5.95. The third kappa shape index (κ3) is 4.60. The van der Waals surface area contributed by atoms with Crippen molar-refractivity contribution in [1.29, 1.82) is 0 Å². The number of rotatable bonds is 4. The topological polar surface area (TPSA) is 74.8 Å². The Labute approximate surface area is 165 Å². The van der Waals surface area contributed by atoms with Crippen LogP contribution in [0.3, 0.4) is 0 Å². The van der Waals surface area contributed by atoms with Crippen molar-refractivity contribution in [3.63, 3.8) is 0 Å². The first-order chi connectivity index (χ1) is 13.5. The number of pyridine rings is 1. The molecule has 1 fully saturated rings. The molecule has 2 heterocycles. The molecule has 7 nitrogen and oxygen atoms in total. The van der Waals surface area contributed by atoms with Gasteiger partial charge in [0.1, 0.15) is 5.82 Å². The van der Waals surface area contributed by atoms with Gasteiger partial charge in [0.2, 0.25) is 0 Å². The van der Waals surface area contributed by atoms with Crippen LogP contribution < -0.4 is 5.32 Å². The number of benzene rings is 1. The van der Waals surface area contributed by atoms with Crippen LogP contribution >= 0.6 is 0 Å². The lowest BCUT2D eigenvalue weighted by Gasteiger charge is -2.34. The molecule has 0 radical (unpaired) electrons. The Morgan fingerprint density at radius 2 is 1.79 bits per heavy atom. The van der Waals surface area contributed by atoms with E-state index in [2.05, 4.69) is 28.5 Å². The molecule has 0 atom stereocenters. The largest absolute Gasteiger partial charge is 0.450 e. The van der Waals surface area contributed by atoms with E-state index < -0.39 is 0 Å². The second-order valence-corrected chi connectivity index (χ2v) is 6.85. The van der Waals surface area contributed by atoms with E-state index in [-0.39, 0.29) is 12.0 Å². The number of nitrogens with zero attached hydrogens (tertiary/aromatic N) is 3. The van der Waals surface area contributed by atoms with E-state index in [0.717, 1.165) is 16.8 Å². The van der Waals surface area contributed by atoms with Crippen molar-refractivity contribution in [2.75, 3.05) is 38.1 Å². The standard InChI is InChI=1S/C21H26N4O3/c1-4-28-21(27)25-11-9-24(10-12-25)20(26)17-7-8-22-19(14-17)23-18-13-15(2)5-6-16(18)3/h5-8,13-14H,4,9-12H2,1-3H3,(H,22,23). The van der Waals surface area contributed by atoms with E-state index in [1.165, 1.54) is 0 Å². The van der Waals surface area contributed by atoms with Crippen molar-refractivity contribution >= 4 is 23.5 Å². The molecule has 148 valence electrons. The van der Waals surface area contributed by atoms with E-state index in [9.17, 15) is 9.59 Å². The Morgan fingerprint density at radius 3 is 2.50 bits per heavy atom. The maximum absolute atomic E-state index is 12.9. The predicted octanol–water partition coefficient (Wildman–Crippen LogP) is 3.36. The van der Waals surface area contributed by atoms with E-state index in [0.29, 0.717) is 44.2 Å². The number of ether oxygens (including phenoxy) is 1. The summed E-state index contributed by atoms with van der Waals surface area (Å²) in [5.74, 6) is 0.569. The lowest BCUT2D eigenvalue weighted by Crippen LogP contribution is -2.50. The van der Waals surface area contributed by atoms with Gasteiger partial charge in [0.15, 0.2) is 0 Å². The molecule has 0 spiro atoms. The summed E-state index contributed by atoms with van der Waals surface area (Å²) in [6.07, 6.45) is 1.31. The van der Waals surface area contributed by atoms with Gasteiger partial charge in [-0.05, 0) is 50.1 Å². The molecule has 0 unspecified atom stereocenters. The first kappa shape index (κ1) is 19.7. The number of hydrogen-bond acceptors (Lipinski definition) is 5. The minimum atomic E-state index is -0.321. The van der Waals surface area contributed by atoms with E-state index in [4.69, 9.17) is 4.74 Å². The molecule has 1 saturated heterocycles. The van der Waals surface area contributed by atoms with Crippen molar-refractivity contribution in [3.8, 4) is 0 Å². The van der Waals surface area contributed by atoms with Gasteiger partial charge in [-0.15, -0.1) is 0 Å². The highest BCUT2D eigenvalue weighted by Crippen LogP contribution is 2.21. The van der Waals surface area contributed by atoms with Gasteiger partial charge in [-0.2, -0.15) is 0 Å². The molecule has 1 aliphatic heterocycles. The fourth-order valence-electron chi connectivity index (χ4n) is 3.13. The molecule has 1 aliphatic rings. The van der Waals surface area contributed by atoms with Gasteiger partial charge in [0.25, 0.3) is 5.91 Å². The maximum Gasteiger partial charge on any atom is 0.409 e. The number of aromatic nitrogens is 1. The van der Waals surface area contributed by atoms with Gasteiger partial charge in [-0.25, -0.2) is 9.78 Å². The van der Waals surface area contributed by atoms with Crippen LogP contribution in [0.5, 0.6) is 0 Å². The number of carbonyl (C=O) groups is 2. The number of hydrogen-bond donors (Lipinski definition) is 1. The first-order valence-electron chi connectivity index (χ1n) is 9.49. The summed E-state index contributed by atoms with van der Waals surface area (Å²) in [6.45, 7) is 8.12. The molecular formula is C21H26N4O3. The summed E-state index contributed by atoms with van der Waals surface area (Å²) in [6, 6.07) is 9.65. The highest BCUT2D eigenvalue weighted by atomic mass is 16.6. The van der Waals surface area contributed by atoms with Crippen LogP contribution in [0.1, 0.15) is 28.4 Å².